The number of pyridine rings is 1. The molecular formula is C23H27N7. The van der Waals surface area contributed by atoms with Gasteiger partial charge in [0.1, 0.15) is 0 Å². The Morgan fingerprint density at radius 3 is 2.50 bits per heavy atom. The van der Waals surface area contributed by atoms with Crippen molar-refractivity contribution in [2.75, 3.05) is 36.4 Å². The van der Waals surface area contributed by atoms with Gasteiger partial charge in [-0.15, -0.1) is 0 Å². The molecule has 0 spiro atoms. The molecule has 1 aliphatic heterocycles. The molecular weight excluding hydrogens is 374 g/mol. The van der Waals surface area contributed by atoms with Gasteiger partial charge in [-0.2, -0.15) is 5.10 Å². The van der Waals surface area contributed by atoms with Crippen LogP contribution in [0.2, 0.25) is 0 Å². The first kappa shape index (κ1) is 18.7. The number of aromatic amines is 1. The van der Waals surface area contributed by atoms with E-state index in [1.807, 2.05) is 24.8 Å². The minimum absolute atomic E-state index is 0.623. The molecule has 1 aromatic carbocycles. The molecule has 0 atom stereocenters. The third-order valence-corrected chi connectivity index (χ3v) is 5.90. The Bertz CT molecular complexity index is 1100. The van der Waals surface area contributed by atoms with Gasteiger partial charge in [-0.1, -0.05) is 0 Å². The molecule has 0 amide bonds. The molecule has 0 saturated carbocycles. The fourth-order valence-corrected chi connectivity index (χ4v) is 4.15. The smallest absolute Gasteiger partial charge is 0.161 e. The van der Waals surface area contributed by atoms with E-state index in [4.69, 9.17) is 0 Å². The number of aromatic nitrogens is 4. The number of benzene rings is 1. The van der Waals surface area contributed by atoms with E-state index in [2.05, 4.69) is 84.9 Å². The number of hydrogen-bond acceptors (Lipinski definition) is 5. The van der Waals surface area contributed by atoms with Gasteiger partial charge >= 0.3 is 0 Å². The Balaban J connectivity index is 1.33. The Kier molecular flexibility index (Phi) is 4.88. The highest BCUT2D eigenvalue weighted by Gasteiger charge is 2.19. The SMILES string of the molecule is CC(C)N1CCN(c2ccc(Nc3ccc(-c4cn[nH]c4)n4ccnc34)cc2)CC1. The van der Waals surface area contributed by atoms with Gasteiger partial charge in [0, 0.05) is 67.7 Å². The zero-order valence-electron chi connectivity index (χ0n) is 17.4. The van der Waals surface area contributed by atoms with Crippen LogP contribution in [0.5, 0.6) is 0 Å². The molecule has 3 aromatic heterocycles. The number of H-pyrrole nitrogens is 1. The van der Waals surface area contributed by atoms with Crippen LogP contribution < -0.4 is 10.2 Å². The van der Waals surface area contributed by atoms with Crippen LogP contribution in [0.15, 0.2) is 61.2 Å². The molecule has 7 nitrogen and oxygen atoms in total. The fourth-order valence-electron chi connectivity index (χ4n) is 4.15. The van der Waals surface area contributed by atoms with Gasteiger partial charge in [-0.25, -0.2) is 4.98 Å². The lowest BCUT2D eigenvalue weighted by Gasteiger charge is -2.38. The lowest BCUT2D eigenvalue weighted by molar-refractivity contribution is 0.209. The minimum atomic E-state index is 0.623. The summed E-state index contributed by atoms with van der Waals surface area (Å²) in [5, 5.41) is 10.5. The van der Waals surface area contributed by atoms with Crippen LogP contribution in [0.1, 0.15) is 13.8 Å². The molecule has 4 aromatic rings. The Labute approximate surface area is 176 Å². The van der Waals surface area contributed by atoms with E-state index in [1.54, 1.807) is 0 Å². The summed E-state index contributed by atoms with van der Waals surface area (Å²) < 4.78 is 2.08. The molecule has 5 rings (SSSR count). The molecule has 0 unspecified atom stereocenters. The number of nitrogens with zero attached hydrogens (tertiary/aromatic N) is 5. The zero-order valence-corrected chi connectivity index (χ0v) is 17.4. The first-order valence-corrected chi connectivity index (χ1v) is 10.5. The van der Waals surface area contributed by atoms with Gasteiger partial charge in [-0.05, 0) is 50.2 Å². The number of rotatable bonds is 5. The van der Waals surface area contributed by atoms with Crippen molar-refractivity contribution in [3.63, 3.8) is 0 Å². The average molecular weight is 402 g/mol. The standard InChI is InChI=1S/C23H27N7/c1-17(2)28-11-13-29(14-12-28)20-5-3-19(4-6-20)27-21-7-8-22(18-15-25-26-16-18)30-10-9-24-23(21)30/h3-10,15-17,27H,11-14H2,1-2H3,(H,25,26). The second-order valence-electron chi connectivity index (χ2n) is 8.03. The van der Waals surface area contributed by atoms with Gasteiger partial charge in [0.2, 0.25) is 0 Å². The van der Waals surface area contributed by atoms with Crippen molar-refractivity contribution in [3.8, 4) is 11.3 Å². The zero-order chi connectivity index (χ0) is 20.5. The largest absolute Gasteiger partial charge is 0.369 e. The van der Waals surface area contributed by atoms with Crippen LogP contribution in [0, 0.1) is 0 Å². The van der Waals surface area contributed by atoms with Crippen molar-refractivity contribution < 1.29 is 0 Å². The number of fused-ring (bicyclic) bond motifs is 1. The van der Waals surface area contributed by atoms with Crippen molar-refractivity contribution in [1.82, 2.24) is 24.5 Å². The van der Waals surface area contributed by atoms with Gasteiger partial charge in [0.25, 0.3) is 0 Å². The third-order valence-electron chi connectivity index (χ3n) is 5.90. The molecule has 1 fully saturated rings. The maximum Gasteiger partial charge on any atom is 0.161 e. The van der Waals surface area contributed by atoms with Crippen LogP contribution in [-0.4, -0.2) is 56.7 Å². The van der Waals surface area contributed by atoms with Crippen LogP contribution >= 0.6 is 0 Å². The molecule has 7 heteroatoms. The van der Waals surface area contributed by atoms with Crippen LogP contribution in [0.3, 0.4) is 0 Å². The molecule has 154 valence electrons. The van der Waals surface area contributed by atoms with E-state index in [-0.39, 0.29) is 0 Å². The Hall–Kier alpha value is -3.32. The summed E-state index contributed by atoms with van der Waals surface area (Å²) >= 11 is 0. The maximum atomic E-state index is 4.55. The Morgan fingerprint density at radius 1 is 1.00 bits per heavy atom. The average Bonchev–Trinajstić information content (AvgIpc) is 3.47. The molecule has 0 bridgehead atoms. The van der Waals surface area contributed by atoms with Crippen molar-refractivity contribution in [2.24, 2.45) is 0 Å². The van der Waals surface area contributed by atoms with Gasteiger partial charge in [0.05, 0.1) is 17.6 Å². The number of anilines is 3. The highest BCUT2D eigenvalue weighted by Crippen LogP contribution is 2.28. The van der Waals surface area contributed by atoms with Gasteiger partial charge in [0.15, 0.2) is 5.65 Å². The second kappa shape index (κ2) is 7.84. The van der Waals surface area contributed by atoms with E-state index in [1.165, 1.54) is 5.69 Å². The summed E-state index contributed by atoms with van der Waals surface area (Å²) in [6, 6.07) is 13.5. The highest BCUT2D eigenvalue weighted by molar-refractivity contribution is 5.78. The molecule has 0 aliphatic carbocycles. The van der Waals surface area contributed by atoms with E-state index < -0.39 is 0 Å². The fraction of sp³-hybridized carbons (Fsp3) is 0.304. The van der Waals surface area contributed by atoms with E-state index in [0.717, 1.165) is 54.5 Å². The van der Waals surface area contributed by atoms with Crippen LogP contribution in [0.25, 0.3) is 16.9 Å². The summed E-state index contributed by atoms with van der Waals surface area (Å²) in [6.07, 6.45) is 7.51. The topological polar surface area (TPSA) is 64.5 Å². The van der Waals surface area contributed by atoms with Crippen molar-refractivity contribution in [2.45, 2.75) is 19.9 Å². The predicted octanol–water partition coefficient (Wildman–Crippen LogP) is 4.00. The molecule has 1 aliphatic rings. The summed E-state index contributed by atoms with van der Waals surface area (Å²) in [6.45, 7) is 8.95. The number of piperazine rings is 1. The van der Waals surface area contributed by atoms with Gasteiger partial charge in [-0.3, -0.25) is 14.4 Å². The van der Waals surface area contributed by atoms with E-state index in [0.29, 0.717) is 6.04 Å². The highest BCUT2D eigenvalue weighted by atomic mass is 15.3. The predicted molar refractivity (Wildman–Crippen MR) is 121 cm³/mol. The van der Waals surface area contributed by atoms with E-state index >= 15 is 0 Å². The van der Waals surface area contributed by atoms with Crippen LogP contribution in [-0.2, 0) is 0 Å². The first-order valence-electron chi connectivity index (χ1n) is 10.5. The summed E-state index contributed by atoms with van der Waals surface area (Å²) in [4.78, 5) is 9.56. The van der Waals surface area contributed by atoms with Crippen LogP contribution in [0.4, 0.5) is 17.1 Å². The lowest BCUT2D eigenvalue weighted by Crippen LogP contribution is -2.48. The summed E-state index contributed by atoms with van der Waals surface area (Å²) in [5.41, 5.74) is 6.29. The molecule has 1 saturated heterocycles. The maximum absolute atomic E-state index is 4.55. The molecule has 4 heterocycles. The third kappa shape index (κ3) is 3.52. The first-order chi connectivity index (χ1) is 14.7. The summed E-state index contributed by atoms with van der Waals surface area (Å²) in [7, 11) is 0. The van der Waals surface area contributed by atoms with E-state index in [9.17, 15) is 0 Å². The van der Waals surface area contributed by atoms with Crippen molar-refractivity contribution in [1.29, 1.82) is 0 Å². The summed E-state index contributed by atoms with van der Waals surface area (Å²) in [5.74, 6) is 0. The number of hydrogen-bond donors (Lipinski definition) is 2. The Morgan fingerprint density at radius 2 is 1.80 bits per heavy atom. The quantitative estimate of drug-likeness (QED) is 0.529. The molecule has 30 heavy (non-hydrogen) atoms. The number of imidazole rings is 1. The van der Waals surface area contributed by atoms with Crippen molar-refractivity contribution in [3.05, 3.63) is 61.2 Å². The minimum Gasteiger partial charge on any atom is -0.369 e. The normalized spacial score (nSPS) is 15.2. The number of nitrogens with one attached hydrogen (secondary N) is 2. The van der Waals surface area contributed by atoms with Gasteiger partial charge < -0.3 is 10.2 Å². The molecule has 0 radical (unpaired) electrons. The second-order valence-corrected chi connectivity index (χ2v) is 8.03. The molecule has 2 N–H and O–H groups in total. The van der Waals surface area contributed by atoms with Crippen molar-refractivity contribution >= 4 is 22.7 Å². The monoisotopic (exact) mass is 401 g/mol. The lowest BCUT2D eigenvalue weighted by atomic mass is 10.2.